The standard InChI is InChI=1S/C9H15NO4S/c1-6(11)10(7(2)12)8(9(13)14)4-5-15-3/h8H,4-5H2,1-3H3,(H,13,14). The van der Waals surface area contributed by atoms with Gasteiger partial charge in [-0.1, -0.05) is 0 Å². The summed E-state index contributed by atoms with van der Waals surface area (Å²) in [5.41, 5.74) is 0. The Balaban J connectivity index is 4.76. The minimum Gasteiger partial charge on any atom is -0.480 e. The average Bonchev–Trinajstić information content (AvgIpc) is 2.09. The molecule has 0 aliphatic carbocycles. The highest BCUT2D eigenvalue weighted by Gasteiger charge is 2.30. The van der Waals surface area contributed by atoms with Gasteiger partial charge in [0.1, 0.15) is 6.04 Å². The van der Waals surface area contributed by atoms with E-state index in [1.165, 1.54) is 25.6 Å². The molecule has 2 amide bonds. The molecule has 0 radical (unpaired) electrons. The van der Waals surface area contributed by atoms with Crippen molar-refractivity contribution < 1.29 is 19.5 Å². The average molecular weight is 233 g/mol. The number of carbonyl (C=O) groups excluding carboxylic acids is 2. The Morgan fingerprint density at radius 3 is 2.00 bits per heavy atom. The molecule has 0 saturated heterocycles. The molecule has 0 spiro atoms. The summed E-state index contributed by atoms with van der Waals surface area (Å²) < 4.78 is 0. The number of imide groups is 1. The third-order valence-electron chi connectivity index (χ3n) is 1.87. The van der Waals surface area contributed by atoms with Crippen molar-refractivity contribution in [1.82, 2.24) is 4.90 Å². The van der Waals surface area contributed by atoms with Crippen LogP contribution in [0.5, 0.6) is 0 Å². The van der Waals surface area contributed by atoms with Crippen LogP contribution in [-0.2, 0) is 14.4 Å². The molecule has 0 heterocycles. The Bertz CT molecular complexity index is 253. The number of hydrogen-bond donors (Lipinski definition) is 1. The predicted molar refractivity (Wildman–Crippen MR) is 57.6 cm³/mol. The summed E-state index contributed by atoms with van der Waals surface area (Å²) in [5, 5.41) is 8.91. The summed E-state index contributed by atoms with van der Waals surface area (Å²) >= 11 is 1.48. The molecule has 0 aromatic rings. The van der Waals surface area contributed by atoms with Crippen LogP contribution in [-0.4, -0.2) is 45.8 Å². The lowest BCUT2D eigenvalue weighted by Gasteiger charge is -2.24. The van der Waals surface area contributed by atoms with Crippen molar-refractivity contribution >= 4 is 29.5 Å². The predicted octanol–water partition coefficient (Wildman–Crippen LogP) is 0.588. The largest absolute Gasteiger partial charge is 0.480 e. The SMILES string of the molecule is CSCCC(C(=O)O)N(C(C)=O)C(C)=O. The first-order chi connectivity index (χ1) is 6.91. The molecule has 0 aromatic heterocycles. The Morgan fingerprint density at radius 2 is 1.73 bits per heavy atom. The summed E-state index contributed by atoms with van der Waals surface area (Å²) in [5.74, 6) is -1.62. The van der Waals surface area contributed by atoms with Crippen molar-refractivity contribution in [2.45, 2.75) is 26.3 Å². The summed E-state index contributed by atoms with van der Waals surface area (Å²) in [7, 11) is 0. The fraction of sp³-hybridized carbons (Fsp3) is 0.667. The van der Waals surface area contributed by atoms with Crippen molar-refractivity contribution in [3.63, 3.8) is 0 Å². The Labute approximate surface area is 92.8 Å². The molecule has 0 rings (SSSR count). The van der Waals surface area contributed by atoms with Crippen molar-refractivity contribution in [1.29, 1.82) is 0 Å². The van der Waals surface area contributed by atoms with E-state index in [0.717, 1.165) is 4.90 Å². The van der Waals surface area contributed by atoms with E-state index in [1.807, 2.05) is 6.26 Å². The number of aliphatic carboxylic acids is 1. The van der Waals surface area contributed by atoms with E-state index < -0.39 is 23.8 Å². The lowest BCUT2D eigenvalue weighted by Crippen LogP contribution is -2.47. The van der Waals surface area contributed by atoms with Gasteiger partial charge in [0.15, 0.2) is 0 Å². The Hall–Kier alpha value is -1.04. The third-order valence-corrected chi connectivity index (χ3v) is 2.51. The molecule has 15 heavy (non-hydrogen) atoms. The monoisotopic (exact) mass is 233 g/mol. The summed E-state index contributed by atoms with van der Waals surface area (Å²) in [4.78, 5) is 33.9. The summed E-state index contributed by atoms with van der Waals surface area (Å²) in [6, 6.07) is -1.05. The van der Waals surface area contributed by atoms with E-state index in [2.05, 4.69) is 0 Å². The van der Waals surface area contributed by atoms with E-state index in [-0.39, 0.29) is 6.42 Å². The molecular weight excluding hydrogens is 218 g/mol. The van der Waals surface area contributed by atoms with Gasteiger partial charge in [-0.3, -0.25) is 14.5 Å². The second-order valence-electron chi connectivity index (χ2n) is 3.04. The van der Waals surface area contributed by atoms with Crippen molar-refractivity contribution in [2.24, 2.45) is 0 Å². The number of carbonyl (C=O) groups is 3. The number of carboxylic acids is 1. The maximum Gasteiger partial charge on any atom is 0.326 e. The number of amides is 2. The number of thioether (sulfide) groups is 1. The molecule has 0 aromatic carbocycles. The number of carboxylic acid groups (broad SMARTS) is 1. The summed E-state index contributed by atoms with van der Waals surface area (Å²) in [6.45, 7) is 2.38. The lowest BCUT2D eigenvalue weighted by molar-refractivity contribution is -0.156. The van der Waals surface area contributed by atoms with Crippen LogP contribution in [0.3, 0.4) is 0 Å². The van der Waals surface area contributed by atoms with Crippen LogP contribution in [0.2, 0.25) is 0 Å². The van der Waals surface area contributed by atoms with Crippen LogP contribution in [0.25, 0.3) is 0 Å². The Morgan fingerprint density at radius 1 is 1.27 bits per heavy atom. The molecule has 6 heteroatoms. The quantitative estimate of drug-likeness (QED) is 0.752. The fourth-order valence-corrected chi connectivity index (χ4v) is 1.71. The maximum absolute atomic E-state index is 11.1. The maximum atomic E-state index is 11.1. The highest BCUT2D eigenvalue weighted by molar-refractivity contribution is 7.98. The number of nitrogens with zero attached hydrogens (tertiary/aromatic N) is 1. The van der Waals surface area contributed by atoms with E-state index in [0.29, 0.717) is 5.75 Å². The van der Waals surface area contributed by atoms with Gasteiger partial charge < -0.3 is 5.11 Å². The van der Waals surface area contributed by atoms with Crippen LogP contribution in [0.15, 0.2) is 0 Å². The number of hydrogen-bond acceptors (Lipinski definition) is 4. The first-order valence-corrected chi connectivity index (χ1v) is 5.83. The minimum atomic E-state index is -1.14. The van der Waals surface area contributed by atoms with Gasteiger partial charge in [-0.2, -0.15) is 11.8 Å². The molecular formula is C9H15NO4S. The van der Waals surface area contributed by atoms with Crippen LogP contribution in [0.4, 0.5) is 0 Å². The van der Waals surface area contributed by atoms with Crippen LogP contribution in [0.1, 0.15) is 20.3 Å². The molecule has 0 saturated carbocycles. The van der Waals surface area contributed by atoms with Gasteiger partial charge in [-0.05, 0) is 18.4 Å². The fourth-order valence-electron chi connectivity index (χ4n) is 1.25. The van der Waals surface area contributed by atoms with Crippen molar-refractivity contribution in [2.75, 3.05) is 12.0 Å². The van der Waals surface area contributed by atoms with Crippen LogP contribution < -0.4 is 0 Å². The molecule has 1 atom stereocenters. The third kappa shape index (κ3) is 4.33. The molecule has 0 fully saturated rings. The zero-order valence-electron chi connectivity index (χ0n) is 9.02. The second kappa shape index (κ2) is 6.44. The van der Waals surface area contributed by atoms with Gasteiger partial charge in [-0.15, -0.1) is 0 Å². The lowest BCUT2D eigenvalue weighted by atomic mass is 10.2. The van der Waals surface area contributed by atoms with E-state index >= 15 is 0 Å². The molecule has 5 nitrogen and oxygen atoms in total. The highest BCUT2D eigenvalue weighted by Crippen LogP contribution is 2.09. The normalized spacial score (nSPS) is 11.9. The zero-order chi connectivity index (χ0) is 12.0. The van der Waals surface area contributed by atoms with Gasteiger partial charge in [0.25, 0.3) is 0 Å². The van der Waals surface area contributed by atoms with Crippen molar-refractivity contribution in [3.8, 4) is 0 Å². The van der Waals surface area contributed by atoms with Crippen LogP contribution in [0, 0.1) is 0 Å². The van der Waals surface area contributed by atoms with Gasteiger partial charge in [0.05, 0.1) is 0 Å². The van der Waals surface area contributed by atoms with Gasteiger partial charge in [0.2, 0.25) is 11.8 Å². The molecule has 0 bridgehead atoms. The van der Waals surface area contributed by atoms with Gasteiger partial charge in [0, 0.05) is 13.8 Å². The second-order valence-corrected chi connectivity index (χ2v) is 4.03. The molecule has 0 aliphatic rings. The van der Waals surface area contributed by atoms with Crippen LogP contribution >= 0.6 is 11.8 Å². The molecule has 0 aliphatic heterocycles. The van der Waals surface area contributed by atoms with Crippen molar-refractivity contribution in [3.05, 3.63) is 0 Å². The summed E-state index contributed by atoms with van der Waals surface area (Å²) in [6.07, 6.45) is 2.11. The topological polar surface area (TPSA) is 74.7 Å². The van der Waals surface area contributed by atoms with Gasteiger partial charge >= 0.3 is 5.97 Å². The molecule has 1 unspecified atom stereocenters. The molecule has 86 valence electrons. The minimum absolute atomic E-state index is 0.273. The first kappa shape index (κ1) is 14.0. The van der Waals surface area contributed by atoms with E-state index in [1.54, 1.807) is 0 Å². The number of rotatable bonds is 5. The molecule has 1 N–H and O–H groups in total. The van der Waals surface area contributed by atoms with E-state index in [4.69, 9.17) is 5.11 Å². The Kier molecular flexibility index (Phi) is 6.00. The smallest absolute Gasteiger partial charge is 0.326 e. The highest BCUT2D eigenvalue weighted by atomic mass is 32.2. The van der Waals surface area contributed by atoms with Gasteiger partial charge in [-0.25, -0.2) is 4.79 Å². The first-order valence-electron chi connectivity index (χ1n) is 4.44. The van der Waals surface area contributed by atoms with E-state index in [9.17, 15) is 14.4 Å². The zero-order valence-corrected chi connectivity index (χ0v) is 9.84.